The van der Waals surface area contributed by atoms with E-state index in [4.69, 9.17) is 4.74 Å². The van der Waals surface area contributed by atoms with E-state index in [9.17, 15) is 14.9 Å². The molecule has 0 aliphatic rings. The highest BCUT2D eigenvalue weighted by molar-refractivity contribution is 6.08. The molecule has 2 aromatic rings. The molecule has 6 heteroatoms. The summed E-state index contributed by atoms with van der Waals surface area (Å²) in [5, 5.41) is 11.2. The SMILES string of the molecule is CCN(C(=O)c1cc(OC)ccc1[N+](=O)[O-])c1ccccc1. The summed E-state index contributed by atoms with van der Waals surface area (Å²) in [5.74, 6) is -0.0302. The minimum absolute atomic E-state index is 0.00931. The Kier molecular flexibility index (Phi) is 4.73. The first-order valence-electron chi connectivity index (χ1n) is 6.77. The second-order valence-corrected chi connectivity index (χ2v) is 4.53. The standard InChI is InChI=1S/C16H16N2O4/c1-3-17(12-7-5-4-6-8-12)16(19)14-11-13(22-2)9-10-15(14)18(20)21/h4-11H,3H2,1-2H3. The molecular weight excluding hydrogens is 284 g/mol. The Balaban J connectivity index is 2.49. The number of carbonyl (C=O) groups excluding carboxylic acids is 1. The van der Waals surface area contributed by atoms with Crippen LogP contribution in [0.3, 0.4) is 0 Å². The molecule has 0 bridgehead atoms. The topological polar surface area (TPSA) is 72.7 Å². The minimum atomic E-state index is -0.564. The third-order valence-corrected chi connectivity index (χ3v) is 3.26. The number of rotatable bonds is 5. The van der Waals surface area contributed by atoms with Gasteiger partial charge in [0.2, 0.25) is 0 Å². The molecular formula is C16H16N2O4. The van der Waals surface area contributed by atoms with E-state index in [1.165, 1.54) is 30.2 Å². The van der Waals surface area contributed by atoms with Crippen molar-refractivity contribution >= 4 is 17.3 Å². The number of benzene rings is 2. The third kappa shape index (κ3) is 3.06. The van der Waals surface area contributed by atoms with E-state index < -0.39 is 10.8 Å². The Morgan fingerprint density at radius 1 is 1.23 bits per heavy atom. The highest BCUT2D eigenvalue weighted by Crippen LogP contribution is 2.27. The van der Waals surface area contributed by atoms with Gasteiger partial charge in [-0.3, -0.25) is 14.9 Å². The molecule has 1 amide bonds. The van der Waals surface area contributed by atoms with Crippen LogP contribution in [-0.2, 0) is 0 Å². The number of nitro benzene ring substituents is 1. The summed E-state index contributed by atoms with van der Waals surface area (Å²) in [6.45, 7) is 2.22. The Morgan fingerprint density at radius 2 is 1.91 bits per heavy atom. The van der Waals surface area contributed by atoms with Crippen molar-refractivity contribution in [3.8, 4) is 5.75 Å². The van der Waals surface area contributed by atoms with Crippen molar-refractivity contribution in [2.45, 2.75) is 6.92 Å². The molecule has 22 heavy (non-hydrogen) atoms. The molecule has 114 valence electrons. The van der Waals surface area contributed by atoms with E-state index in [0.717, 1.165) is 0 Å². The molecule has 0 N–H and O–H groups in total. The summed E-state index contributed by atoms with van der Waals surface area (Å²) in [4.78, 5) is 24.8. The fraction of sp³-hybridized carbons (Fsp3) is 0.188. The van der Waals surface area contributed by atoms with Crippen LogP contribution in [0.1, 0.15) is 17.3 Å². The second kappa shape index (κ2) is 6.71. The zero-order valence-corrected chi connectivity index (χ0v) is 12.4. The lowest BCUT2D eigenvalue weighted by Crippen LogP contribution is -2.31. The molecule has 0 saturated heterocycles. The smallest absolute Gasteiger partial charge is 0.282 e. The van der Waals surface area contributed by atoms with E-state index >= 15 is 0 Å². The zero-order valence-electron chi connectivity index (χ0n) is 12.4. The van der Waals surface area contributed by atoms with Gasteiger partial charge in [-0.15, -0.1) is 0 Å². The number of anilines is 1. The molecule has 6 nitrogen and oxygen atoms in total. The van der Waals surface area contributed by atoms with Gasteiger partial charge < -0.3 is 9.64 Å². The van der Waals surface area contributed by atoms with Gasteiger partial charge in [0.25, 0.3) is 11.6 Å². The summed E-state index contributed by atoms with van der Waals surface area (Å²) in [7, 11) is 1.45. The molecule has 0 aromatic heterocycles. The summed E-state index contributed by atoms with van der Waals surface area (Å²) >= 11 is 0. The van der Waals surface area contributed by atoms with Crippen molar-refractivity contribution in [2.24, 2.45) is 0 Å². The van der Waals surface area contributed by atoms with Crippen molar-refractivity contribution in [1.29, 1.82) is 0 Å². The number of nitro groups is 1. The number of carbonyl (C=O) groups is 1. The van der Waals surface area contributed by atoms with Gasteiger partial charge in [-0.05, 0) is 31.2 Å². The largest absolute Gasteiger partial charge is 0.497 e. The Hall–Kier alpha value is -2.89. The first-order chi connectivity index (χ1) is 10.6. The monoisotopic (exact) mass is 300 g/mol. The van der Waals surface area contributed by atoms with Crippen molar-refractivity contribution in [3.05, 3.63) is 64.2 Å². The number of para-hydroxylation sites is 1. The predicted molar refractivity (Wildman–Crippen MR) is 83.4 cm³/mol. The summed E-state index contributed by atoms with van der Waals surface area (Å²) in [6, 6.07) is 13.2. The maximum atomic E-state index is 12.7. The minimum Gasteiger partial charge on any atom is -0.497 e. The Bertz CT molecular complexity index is 686. The molecule has 0 spiro atoms. The van der Waals surface area contributed by atoms with Crippen LogP contribution in [-0.4, -0.2) is 24.5 Å². The number of hydrogen-bond acceptors (Lipinski definition) is 4. The fourth-order valence-electron chi connectivity index (χ4n) is 2.17. The van der Waals surface area contributed by atoms with E-state index in [1.807, 2.05) is 25.1 Å². The maximum Gasteiger partial charge on any atom is 0.282 e. The predicted octanol–water partition coefficient (Wildman–Crippen LogP) is 3.27. The van der Waals surface area contributed by atoms with Gasteiger partial charge in [0.1, 0.15) is 11.3 Å². The van der Waals surface area contributed by atoms with Gasteiger partial charge >= 0.3 is 0 Å². The maximum absolute atomic E-state index is 12.7. The number of methoxy groups -OCH3 is 1. The Labute approximate surface area is 128 Å². The van der Waals surface area contributed by atoms with Crippen molar-refractivity contribution in [2.75, 3.05) is 18.6 Å². The first-order valence-corrected chi connectivity index (χ1v) is 6.77. The number of nitrogens with zero attached hydrogens (tertiary/aromatic N) is 2. The molecule has 0 unspecified atom stereocenters. The molecule has 0 aliphatic carbocycles. The molecule has 0 heterocycles. The van der Waals surface area contributed by atoms with Crippen LogP contribution >= 0.6 is 0 Å². The average Bonchev–Trinajstić information content (AvgIpc) is 2.55. The lowest BCUT2D eigenvalue weighted by molar-refractivity contribution is -0.385. The lowest BCUT2D eigenvalue weighted by Gasteiger charge is -2.21. The third-order valence-electron chi connectivity index (χ3n) is 3.26. The molecule has 0 radical (unpaired) electrons. The highest BCUT2D eigenvalue weighted by Gasteiger charge is 2.25. The average molecular weight is 300 g/mol. The van der Waals surface area contributed by atoms with E-state index in [2.05, 4.69) is 0 Å². The lowest BCUT2D eigenvalue weighted by atomic mass is 10.1. The quantitative estimate of drug-likeness (QED) is 0.627. The highest BCUT2D eigenvalue weighted by atomic mass is 16.6. The zero-order chi connectivity index (χ0) is 16.1. The van der Waals surface area contributed by atoms with Crippen molar-refractivity contribution < 1.29 is 14.5 Å². The van der Waals surface area contributed by atoms with Gasteiger partial charge in [0.15, 0.2) is 0 Å². The summed E-state index contributed by atoms with van der Waals surface area (Å²) < 4.78 is 5.07. The number of hydrogen-bond donors (Lipinski definition) is 0. The van der Waals surface area contributed by atoms with Gasteiger partial charge in [-0.1, -0.05) is 18.2 Å². The molecule has 0 atom stereocenters. The number of amides is 1. The molecule has 0 aliphatic heterocycles. The van der Waals surface area contributed by atoms with Crippen molar-refractivity contribution in [1.82, 2.24) is 0 Å². The van der Waals surface area contributed by atoms with Crippen LogP contribution in [0.2, 0.25) is 0 Å². The Morgan fingerprint density at radius 3 is 2.45 bits per heavy atom. The van der Waals surface area contributed by atoms with Gasteiger partial charge in [0.05, 0.1) is 12.0 Å². The van der Waals surface area contributed by atoms with Gasteiger partial charge in [0, 0.05) is 18.3 Å². The van der Waals surface area contributed by atoms with Crippen LogP contribution in [0.4, 0.5) is 11.4 Å². The van der Waals surface area contributed by atoms with Crippen LogP contribution in [0.5, 0.6) is 5.75 Å². The summed E-state index contributed by atoms with van der Waals surface area (Å²) in [5.41, 5.74) is 0.461. The second-order valence-electron chi connectivity index (χ2n) is 4.53. The fourth-order valence-corrected chi connectivity index (χ4v) is 2.17. The van der Waals surface area contributed by atoms with E-state index in [-0.39, 0.29) is 11.3 Å². The normalized spacial score (nSPS) is 10.1. The van der Waals surface area contributed by atoms with Crippen LogP contribution in [0.15, 0.2) is 48.5 Å². The van der Waals surface area contributed by atoms with Gasteiger partial charge in [-0.25, -0.2) is 0 Å². The number of ether oxygens (including phenoxy) is 1. The van der Waals surface area contributed by atoms with E-state index in [1.54, 1.807) is 12.1 Å². The molecule has 2 rings (SSSR count). The molecule has 0 saturated carbocycles. The van der Waals surface area contributed by atoms with Crippen LogP contribution < -0.4 is 9.64 Å². The van der Waals surface area contributed by atoms with Crippen molar-refractivity contribution in [3.63, 3.8) is 0 Å². The first kappa shape index (κ1) is 15.5. The van der Waals surface area contributed by atoms with Gasteiger partial charge in [-0.2, -0.15) is 0 Å². The molecule has 0 fully saturated rings. The van der Waals surface area contributed by atoms with E-state index in [0.29, 0.717) is 18.0 Å². The van der Waals surface area contributed by atoms with Crippen LogP contribution in [0.25, 0.3) is 0 Å². The van der Waals surface area contributed by atoms with Crippen LogP contribution in [0, 0.1) is 10.1 Å². The molecule has 2 aromatic carbocycles. The summed E-state index contributed by atoms with van der Waals surface area (Å²) in [6.07, 6.45) is 0.